The second kappa shape index (κ2) is 5.90. The largest absolute Gasteiger partial charge is 0.341 e. The van der Waals surface area contributed by atoms with E-state index in [-0.39, 0.29) is 6.04 Å². The maximum Gasteiger partial charge on any atom is 0.0444 e. The highest BCUT2D eigenvalue weighted by atomic mass is 15.1. The molecule has 2 aromatic carbocycles. The third-order valence-electron chi connectivity index (χ3n) is 4.18. The molecule has 0 bridgehead atoms. The van der Waals surface area contributed by atoms with Gasteiger partial charge in [-0.05, 0) is 56.4 Å². The summed E-state index contributed by atoms with van der Waals surface area (Å²) in [5.74, 6) is 0. The minimum absolute atomic E-state index is 0.186. The minimum Gasteiger partial charge on any atom is -0.341 e. The van der Waals surface area contributed by atoms with Crippen LogP contribution in [0.1, 0.15) is 30.0 Å². The van der Waals surface area contributed by atoms with Gasteiger partial charge in [0.15, 0.2) is 0 Å². The van der Waals surface area contributed by atoms with Crippen molar-refractivity contribution in [3.8, 4) is 0 Å². The van der Waals surface area contributed by atoms with Crippen LogP contribution in [0, 0.1) is 6.92 Å². The van der Waals surface area contributed by atoms with Crippen LogP contribution in [0.2, 0.25) is 0 Å². The number of para-hydroxylation sites is 1. The van der Waals surface area contributed by atoms with E-state index < -0.39 is 0 Å². The maximum absolute atomic E-state index is 6.05. The normalized spacial score (nSPS) is 15.7. The van der Waals surface area contributed by atoms with Gasteiger partial charge in [-0.2, -0.15) is 0 Å². The first-order valence-corrected chi connectivity index (χ1v) is 7.85. The summed E-state index contributed by atoms with van der Waals surface area (Å²) in [6.07, 6.45) is 3.32. The van der Waals surface area contributed by atoms with Gasteiger partial charge >= 0.3 is 0 Å². The van der Waals surface area contributed by atoms with E-state index in [9.17, 15) is 0 Å². The van der Waals surface area contributed by atoms with Crippen molar-refractivity contribution < 1.29 is 0 Å². The highest BCUT2D eigenvalue weighted by Crippen LogP contribution is 2.35. The van der Waals surface area contributed by atoms with Crippen molar-refractivity contribution in [2.75, 3.05) is 11.4 Å². The van der Waals surface area contributed by atoms with Gasteiger partial charge in [0.1, 0.15) is 0 Å². The van der Waals surface area contributed by atoms with Gasteiger partial charge in [-0.3, -0.25) is 0 Å². The zero-order valence-corrected chi connectivity index (χ0v) is 13.0. The standard InChI is InChI=1S/C19H24N2/c1-14-9-10-19(17(12-14)13-15(2)20)21-11-5-7-16-6-3-4-8-18(16)21/h3-4,6,8-10,12,15H,5,7,11,13,20H2,1-2H3. The lowest BCUT2D eigenvalue weighted by Gasteiger charge is -2.33. The second-order valence-corrected chi connectivity index (χ2v) is 6.20. The van der Waals surface area contributed by atoms with Crippen LogP contribution in [0.25, 0.3) is 0 Å². The maximum atomic E-state index is 6.05. The van der Waals surface area contributed by atoms with Crippen molar-refractivity contribution in [2.45, 2.75) is 39.2 Å². The van der Waals surface area contributed by atoms with Gasteiger partial charge < -0.3 is 10.6 Å². The fraction of sp³-hybridized carbons (Fsp3) is 0.368. The Hall–Kier alpha value is -1.80. The lowest BCUT2D eigenvalue weighted by atomic mass is 9.97. The Kier molecular flexibility index (Phi) is 3.98. The smallest absolute Gasteiger partial charge is 0.0444 e. The van der Waals surface area contributed by atoms with E-state index in [0.717, 1.165) is 13.0 Å². The predicted octanol–water partition coefficient (Wildman–Crippen LogP) is 3.97. The molecule has 1 aliphatic heterocycles. The third-order valence-corrected chi connectivity index (χ3v) is 4.18. The molecule has 1 unspecified atom stereocenters. The second-order valence-electron chi connectivity index (χ2n) is 6.20. The highest BCUT2D eigenvalue weighted by molar-refractivity contribution is 5.70. The molecule has 2 heteroatoms. The molecule has 0 saturated heterocycles. The number of fused-ring (bicyclic) bond motifs is 1. The molecule has 2 N–H and O–H groups in total. The molecule has 0 spiro atoms. The van der Waals surface area contributed by atoms with E-state index in [2.05, 4.69) is 61.2 Å². The molecule has 0 saturated carbocycles. The number of benzene rings is 2. The average Bonchev–Trinajstić information content (AvgIpc) is 2.46. The Morgan fingerprint density at radius 1 is 1.14 bits per heavy atom. The van der Waals surface area contributed by atoms with Crippen LogP contribution in [0.5, 0.6) is 0 Å². The predicted molar refractivity (Wildman–Crippen MR) is 90.3 cm³/mol. The molecule has 2 nitrogen and oxygen atoms in total. The third kappa shape index (κ3) is 2.96. The lowest BCUT2D eigenvalue weighted by Crippen LogP contribution is -2.27. The first-order chi connectivity index (χ1) is 10.1. The van der Waals surface area contributed by atoms with Crippen LogP contribution in [0.15, 0.2) is 42.5 Å². The molecule has 2 aromatic rings. The van der Waals surface area contributed by atoms with Gasteiger partial charge in [0.25, 0.3) is 0 Å². The Morgan fingerprint density at radius 2 is 1.95 bits per heavy atom. The summed E-state index contributed by atoms with van der Waals surface area (Å²) in [5, 5.41) is 0. The molecule has 1 heterocycles. The van der Waals surface area contributed by atoms with Crippen LogP contribution in [0.3, 0.4) is 0 Å². The zero-order valence-electron chi connectivity index (χ0n) is 13.0. The summed E-state index contributed by atoms with van der Waals surface area (Å²) in [6, 6.07) is 15.7. The van der Waals surface area contributed by atoms with Crippen molar-refractivity contribution in [1.29, 1.82) is 0 Å². The van der Waals surface area contributed by atoms with Crippen molar-refractivity contribution in [1.82, 2.24) is 0 Å². The van der Waals surface area contributed by atoms with Gasteiger partial charge in [0.05, 0.1) is 0 Å². The topological polar surface area (TPSA) is 29.3 Å². The highest BCUT2D eigenvalue weighted by Gasteiger charge is 2.20. The molecule has 1 atom stereocenters. The fourth-order valence-corrected chi connectivity index (χ4v) is 3.27. The van der Waals surface area contributed by atoms with E-state index in [4.69, 9.17) is 5.73 Å². The van der Waals surface area contributed by atoms with Crippen LogP contribution in [-0.2, 0) is 12.8 Å². The Labute approximate surface area is 127 Å². The van der Waals surface area contributed by atoms with E-state index in [1.807, 2.05) is 0 Å². The number of nitrogens with two attached hydrogens (primary N) is 1. The van der Waals surface area contributed by atoms with E-state index in [1.54, 1.807) is 0 Å². The van der Waals surface area contributed by atoms with E-state index in [1.165, 1.54) is 40.9 Å². The van der Waals surface area contributed by atoms with E-state index in [0.29, 0.717) is 0 Å². The summed E-state index contributed by atoms with van der Waals surface area (Å²) in [7, 11) is 0. The Morgan fingerprint density at radius 3 is 2.76 bits per heavy atom. The van der Waals surface area contributed by atoms with Crippen LogP contribution in [-0.4, -0.2) is 12.6 Å². The molecule has 0 radical (unpaired) electrons. The van der Waals surface area contributed by atoms with Crippen molar-refractivity contribution >= 4 is 11.4 Å². The summed E-state index contributed by atoms with van der Waals surface area (Å²) in [6.45, 7) is 5.32. The Bertz CT molecular complexity index is 631. The molecule has 21 heavy (non-hydrogen) atoms. The quantitative estimate of drug-likeness (QED) is 0.921. The van der Waals surface area contributed by atoms with Crippen LogP contribution < -0.4 is 10.6 Å². The first-order valence-electron chi connectivity index (χ1n) is 7.85. The van der Waals surface area contributed by atoms with Gasteiger partial charge in [-0.25, -0.2) is 0 Å². The molecule has 1 aliphatic rings. The van der Waals surface area contributed by atoms with Gasteiger partial charge in [-0.1, -0.05) is 35.9 Å². The van der Waals surface area contributed by atoms with Crippen molar-refractivity contribution in [2.24, 2.45) is 5.73 Å². The molecule has 3 rings (SSSR count). The number of hydrogen-bond donors (Lipinski definition) is 1. The number of rotatable bonds is 3. The van der Waals surface area contributed by atoms with Crippen molar-refractivity contribution in [3.63, 3.8) is 0 Å². The molecule has 0 fully saturated rings. The first kappa shape index (κ1) is 14.2. The van der Waals surface area contributed by atoms with E-state index >= 15 is 0 Å². The number of aryl methyl sites for hydroxylation is 2. The molecular formula is C19H24N2. The average molecular weight is 280 g/mol. The number of hydrogen-bond acceptors (Lipinski definition) is 2. The molecule has 0 amide bonds. The summed E-state index contributed by atoms with van der Waals surface area (Å²) >= 11 is 0. The van der Waals surface area contributed by atoms with Gasteiger partial charge in [-0.15, -0.1) is 0 Å². The fourth-order valence-electron chi connectivity index (χ4n) is 3.27. The number of nitrogens with zero attached hydrogens (tertiary/aromatic N) is 1. The van der Waals surface area contributed by atoms with Gasteiger partial charge in [0.2, 0.25) is 0 Å². The summed E-state index contributed by atoms with van der Waals surface area (Å²) in [5.41, 5.74) is 12.9. The summed E-state index contributed by atoms with van der Waals surface area (Å²) < 4.78 is 0. The molecule has 0 aromatic heterocycles. The molecular weight excluding hydrogens is 256 g/mol. The lowest BCUT2D eigenvalue weighted by molar-refractivity contribution is 0.726. The van der Waals surface area contributed by atoms with Crippen LogP contribution in [0.4, 0.5) is 11.4 Å². The molecule has 0 aliphatic carbocycles. The minimum atomic E-state index is 0.186. The number of anilines is 2. The van der Waals surface area contributed by atoms with Crippen molar-refractivity contribution in [3.05, 3.63) is 59.2 Å². The van der Waals surface area contributed by atoms with Gasteiger partial charge in [0, 0.05) is 24.0 Å². The molecule has 110 valence electrons. The summed E-state index contributed by atoms with van der Waals surface area (Å²) in [4.78, 5) is 2.47. The zero-order chi connectivity index (χ0) is 14.8. The van der Waals surface area contributed by atoms with Crippen LogP contribution >= 0.6 is 0 Å². The Balaban J connectivity index is 2.05. The monoisotopic (exact) mass is 280 g/mol. The SMILES string of the molecule is Cc1ccc(N2CCCc3ccccc32)c(CC(C)N)c1.